The predicted molar refractivity (Wildman–Crippen MR) is 79.2 cm³/mol. The fourth-order valence-electron chi connectivity index (χ4n) is 2.30. The number of nitrogens with two attached hydrogens (primary N) is 1. The summed E-state index contributed by atoms with van der Waals surface area (Å²) < 4.78 is 2.16. The van der Waals surface area contributed by atoms with Gasteiger partial charge in [0, 0.05) is 29.5 Å². The molecular weight excluding hydrogens is 258 g/mol. The third-order valence-corrected chi connectivity index (χ3v) is 3.78. The number of aromatic nitrogens is 2. The van der Waals surface area contributed by atoms with E-state index in [2.05, 4.69) is 16.5 Å². The molecule has 2 N–H and O–H groups in total. The van der Waals surface area contributed by atoms with Gasteiger partial charge in [-0.15, -0.1) is 0 Å². The van der Waals surface area contributed by atoms with Crippen LogP contribution in [0.4, 0.5) is 0 Å². The summed E-state index contributed by atoms with van der Waals surface area (Å²) in [6, 6.07) is 8.33. The molecule has 0 bridgehead atoms. The Morgan fingerprint density at radius 1 is 1.26 bits per heavy atom. The number of hydrogen-bond acceptors (Lipinski definition) is 2. The van der Waals surface area contributed by atoms with Crippen LogP contribution in [0.25, 0.3) is 0 Å². The van der Waals surface area contributed by atoms with Gasteiger partial charge in [-0.1, -0.05) is 30.7 Å². The summed E-state index contributed by atoms with van der Waals surface area (Å²) >= 11 is 5.88. The number of benzene rings is 1. The van der Waals surface area contributed by atoms with Crippen LogP contribution in [-0.2, 0) is 0 Å². The van der Waals surface area contributed by atoms with E-state index >= 15 is 0 Å². The second-order valence-electron chi connectivity index (χ2n) is 4.81. The molecule has 0 aliphatic carbocycles. The van der Waals surface area contributed by atoms with E-state index in [1.807, 2.05) is 43.0 Å². The molecule has 1 heterocycles. The third kappa shape index (κ3) is 3.82. The molecule has 102 valence electrons. The summed E-state index contributed by atoms with van der Waals surface area (Å²) in [4.78, 5) is 4.10. The van der Waals surface area contributed by atoms with Crippen molar-refractivity contribution in [3.05, 3.63) is 53.6 Å². The highest BCUT2D eigenvalue weighted by Crippen LogP contribution is 2.24. The lowest BCUT2D eigenvalue weighted by Gasteiger charge is -2.19. The first-order valence-corrected chi connectivity index (χ1v) is 7.07. The summed E-state index contributed by atoms with van der Waals surface area (Å²) in [7, 11) is 0. The van der Waals surface area contributed by atoms with E-state index in [-0.39, 0.29) is 6.04 Å². The minimum Gasteiger partial charge on any atom is -0.334 e. The van der Waals surface area contributed by atoms with Crippen molar-refractivity contribution in [3.8, 4) is 0 Å². The summed E-state index contributed by atoms with van der Waals surface area (Å²) in [6.07, 6.45) is 8.81. The Morgan fingerprint density at radius 3 is 2.58 bits per heavy atom. The fourth-order valence-corrected chi connectivity index (χ4v) is 2.42. The Hall–Kier alpha value is -1.32. The van der Waals surface area contributed by atoms with Crippen molar-refractivity contribution in [2.45, 2.75) is 38.3 Å². The van der Waals surface area contributed by atoms with Crippen molar-refractivity contribution in [1.29, 1.82) is 0 Å². The lowest BCUT2D eigenvalue weighted by molar-refractivity contribution is 0.419. The van der Waals surface area contributed by atoms with E-state index in [0.29, 0.717) is 6.04 Å². The molecule has 2 unspecified atom stereocenters. The van der Waals surface area contributed by atoms with Crippen LogP contribution in [0.3, 0.4) is 0 Å². The molecule has 0 saturated heterocycles. The van der Waals surface area contributed by atoms with E-state index in [1.165, 1.54) is 0 Å². The summed E-state index contributed by atoms with van der Waals surface area (Å²) in [5.74, 6) is 0. The van der Waals surface area contributed by atoms with Gasteiger partial charge in [-0.2, -0.15) is 0 Å². The van der Waals surface area contributed by atoms with Gasteiger partial charge >= 0.3 is 0 Å². The molecule has 0 saturated carbocycles. The summed E-state index contributed by atoms with van der Waals surface area (Å²) in [5, 5.41) is 0.751. The first-order valence-electron chi connectivity index (χ1n) is 6.69. The van der Waals surface area contributed by atoms with Gasteiger partial charge in [0.25, 0.3) is 0 Å². The second kappa shape index (κ2) is 6.73. The van der Waals surface area contributed by atoms with Gasteiger partial charge in [-0.3, -0.25) is 0 Å². The highest BCUT2D eigenvalue weighted by atomic mass is 35.5. The third-order valence-electron chi connectivity index (χ3n) is 3.53. The van der Waals surface area contributed by atoms with Crippen LogP contribution in [0.15, 0.2) is 43.0 Å². The molecule has 19 heavy (non-hydrogen) atoms. The predicted octanol–water partition coefficient (Wildman–Crippen LogP) is 3.97. The number of rotatable bonds is 6. The lowest BCUT2D eigenvalue weighted by atomic mass is 9.99. The maximum atomic E-state index is 6.23. The maximum absolute atomic E-state index is 6.23. The molecule has 2 atom stereocenters. The molecule has 4 heteroatoms. The van der Waals surface area contributed by atoms with Gasteiger partial charge in [0.1, 0.15) is 0 Å². The van der Waals surface area contributed by atoms with Gasteiger partial charge in [0.05, 0.1) is 6.33 Å². The van der Waals surface area contributed by atoms with Gasteiger partial charge in [0.15, 0.2) is 0 Å². The SMILES string of the molecule is CCC(CCC(N)c1ccc(Cl)cc1)n1ccnc1. The van der Waals surface area contributed by atoms with Gasteiger partial charge in [-0.25, -0.2) is 4.98 Å². The Bertz CT molecular complexity index is 479. The fraction of sp³-hybridized carbons (Fsp3) is 0.400. The molecule has 0 fully saturated rings. The highest BCUT2D eigenvalue weighted by Gasteiger charge is 2.12. The Kier molecular flexibility index (Phi) is 5.00. The molecular formula is C15H20ClN3. The number of hydrogen-bond donors (Lipinski definition) is 1. The largest absolute Gasteiger partial charge is 0.334 e. The average Bonchev–Trinajstić information content (AvgIpc) is 2.94. The minimum absolute atomic E-state index is 0.0647. The molecule has 1 aromatic heterocycles. The zero-order valence-electron chi connectivity index (χ0n) is 11.2. The number of nitrogens with zero attached hydrogens (tertiary/aromatic N) is 2. The number of imidazole rings is 1. The summed E-state index contributed by atoms with van der Waals surface area (Å²) in [6.45, 7) is 2.19. The number of halogens is 1. The van der Waals surface area contributed by atoms with Gasteiger partial charge in [-0.05, 0) is 37.0 Å². The standard InChI is InChI=1S/C15H20ClN3/c1-2-14(19-10-9-18-11-19)7-8-15(17)12-3-5-13(16)6-4-12/h3-6,9-11,14-15H,2,7-8,17H2,1H3. The van der Waals surface area contributed by atoms with Crippen molar-refractivity contribution in [1.82, 2.24) is 9.55 Å². The van der Waals surface area contributed by atoms with Crippen LogP contribution in [0, 0.1) is 0 Å². The Morgan fingerprint density at radius 2 is 2.00 bits per heavy atom. The van der Waals surface area contributed by atoms with Crippen LogP contribution in [0.1, 0.15) is 43.8 Å². The lowest BCUT2D eigenvalue weighted by Crippen LogP contribution is -2.14. The smallest absolute Gasteiger partial charge is 0.0948 e. The molecule has 0 radical (unpaired) electrons. The molecule has 1 aromatic carbocycles. The van der Waals surface area contributed by atoms with Crippen LogP contribution in [-0.4, -0.2) is 9.55 Å². The van der Waals surface area contributed by atoms with E-state index in [1.54, 1.807) is 0 Å². The van der Waals surface area contributed by atoms with Crippen LogP contribution in [0.2, 0.25) is 5.02 Å². The van der Waals surface area contributed by atoms with E-state index in [0.717, 1.165) is 29.8 Å². The first-order chi connectivity index (χ1) is 9.20. The first kappa shape index (κ1) is 14.1. The summed E-state index contributed by atoms with van der Waals surface area (Å²) in [5.41, 5.74) is 7.38. The van der Waals surface area contributed by atoms with Crippen molar-refractivity contribution >= 4 is 11.6 Å². The maximum Gasteiger partial charge on any atom is 0.0948 e. The van der Waals surface area contributed by atoms with Crippen LogP contribution >= 0.6 is 11.6 Å². The minimum atomic E-state index is 0.0647. The van der Waals surface area contributed by atoms with Crippen LogP contribution in [0.5, 0.6) is 0 Å². The Labute approximate surface area is 119 Å². The van der Waals surface area contributed by atoms with Gasteiger partial charge < -0.3 is 10.3 Å². The quantitative estimate of drug-likeness (QED) is 0.868. The average molecular weight is 278 g/mol. The molecule has 0 aliphatic heterocycles. The van der Waals surface area contributed by atoms with Crippen molar-refractivity contribution in [2.75, 3.05) is 0 Å². The second-order valence-corrected chi connectivity index (χ2v) is 5.24. The molecule has 2 aromatic rings. The topological polar surface area (TPSA) is 43.8 Å². The molecule has 0 amide bonds. The van der Waals surface area contributed by atoms with E-state index in [9.17, 15) is 0 Å². The van der Waals surface area contributed by atoms with E-state index in [4.69, 9.17) is 17.3 Å². The monoisotopic (exact) mass is 277 g/mol. The van der Waals surface area contributed by atoms with Crippen molar-refractivity contribution < 1.29 is 0 Å². The Balaban J connectivity index is 1.92. The van der Waals surface area contributed by atoms with Crippen molar-refractivity contribution in [2.24, 2.45) is 5.73 Å². The van der Waals surface area contributed by atoms with E-state index < -0.39 is 0 Å². The zero-order valence-corrected chi connectivity index (χ0v) is 11.9. The normalized spacial score (nSPS) is 14.3. The van der Waals surface area contributed by atoms with Gasteiger partial charge in [0.2, 0.25) is 0 Å². The molecule has 0 spiro atoms. The van der Waals surface area contributed by atoms with Crippen molar-refractivity contribution in [3.63, 3.8) is 0 Å². The molecule has 3 nitrogen and oxygen atoms in total. The molecule has 0 aliphatic rings. The van der Waals surface area contributed by atoms with Crippen LogP contribution < -0.4 is 5.73 Å². The highest BCUT2D eigenvalue weighted by molar-refractivity contribution is 6.30. The molecule has 2 rings (SSSR count). The zero-order chi connectivity index (χ0) is 13.7.